The van der Waals surface area contributed by atoms with Crippen molar-refractivity contribution in [2.45, 2.75) is 54.5 Å². The number of aryl methyl sites for hydroxylation is 1. The number of amides is 1. The summed E-state index contributed by atoms with van der Waals surface area (Å²) in [5, 5.41) is 5.68. The molecule has 2 aromatic carbocycles. The smallest absolute Gasteiger partial charge is 0.253 e. The van der Waals surface area contributed by atoms with Crippen LogP contribution in [0.15, 0.2) is 75.4 Å². The first-order valence-corrected chi connectivity index (χ1v) is 11.3. The van der Waals surface area contributed by atoms with Gasteiger partial charge in [-0.15, -0.1) is 0 Å². The fraction of sp³-hybridized carbons (Fsp3) is 0.345. The van der Waals surface area contributed by atoms with Crippen LogP contribution < -0.4 is 27.2 Å². The third kappa shape index (κ3) is 5.77. The Bertz CT molecular complexity index is 1310. The van der Waals surface area contributed by atoms with Gasteiger partial charge in [-0.3, -0.25) is 14.4 Å². The lowest BCUT2D eigenvalue weighted by Gasteiger charge is -2.29. The number of anilines is 2. The first kappa shape index (κ1) is 27.7. The van der Waals surface area contributed by atoms with E-state index in [9.17, 15) is 14.4 Å². The largest absolute Gasteiger partial charge is 0.351 e. The molecule has 0 unspecified atom stereocenters. The van der Waals surface area contributed by atoms with Gasteiger partial charge in [-0.2, -0.15) is 0 Å². The summed E-state index contributed by atoms with van der Waals surface area (Å²) in [6.45, 7) is 18.9. The highest BCUT2D eigenvalue weighted by atomic mass is 16.2. The summed E-state index contributed by atoms with van der Waals surface area (Å²) in [4.78, 5) is 34.7. The van der Waals surface area contributed by atoms with Gasteiger partial charge in [0.1, 0.15) is 0 Å². The molecule has 1 atom stereocenters. The minimum absolute atomic E-state index is 0. The average Bonchev–Trinajstić information content (AvgIpc) is 3.01. The van der Waals surface area contributed by atoms with Crippen LogP contribution in [0.25, 0.3) is 0 Å². The molecule has 0 radical (unpaired) electrons. The molecule has 1 aliphatic carbocycles. The molecule has 0 saturated carbocycles. The van der Waals surface area contributed by atoms with Gasteiger partial charge >= 0.3 is 0 Å². The Morgan fingerprint density at radius 2 is 1.71 bits per heavy atom. The Morgan fingerprint density at radius 3 is 2.23 bits per heavy atom. The first-order valence-electron chi connectivity index (χ1n) is 11.3. The van der Waals surface area contributed by atoms with Crippen molar-refractivity contribution in [3.8, 4) is 0 Å². The van der Waals surface area contributed by atoms with E-state index in [-0.39, 0.29) is 30.5 Å². The zero-order chi connectivity index (χ0) is 25.4. The van der Waals surface area contributed by atoms with Crippen LogP contribution in [0, 0.1) is 12.3 Å². The molecule has 0 fully saturated rings. The minimum atomic E-state index is -0.553. The van der Waals surface area contributed by atoms with Crippen molar-refractivity contribution < 1.29 is 4.79 Å². The van der Waals surface area contributed by atoms with Crippen LogP contribution in [-0.4, -0.2) is 18.5 Å². The van der Waals surface area contributed by atoms with E-state index in [1.54, 1.807) is 6.07 Å². The molecule has 1 amide bonds. The van der Waals surface area contributed by atoms with Gasteiger partial charge in [0, 0.05) is 18.7 Å². The maximum Gasteiger partial charge on any atom is 0.253 e. The predicted molar refractivity (Wildman–Crippen MR) is 146 cm³/mol. The zero-order valence-corrected chi connectivity index (χ0v) is 20.6. The molecular weight excluding hydrogens is 438 g/mol. The Balaban J connectivity index is 0.000000268. The van der Waals surface area contributed by atoms with Crippen LogP contribution in [0.2, 0.25) is 0 Å². The van der Waals surface area contributed by atoms with E-state index in [1.807, 2.05) is 13.0 Å². The minimum Gasteiger partial charge on any atom is -0.351 e. The second-order valence-corrected chi connectivity index (χ2v) is 10.1. The monoisotopic (exact) mass is 475 g/mol. The number of nitrogens with two attached hydrogens (primary N) is 1. The summed E-state index contributed by atoms with van der Waals surface area (Å²) >= 11 is 0. The summed E-state index contributed by atoms with van der Waals surface area (Å²) < 4.78 is 0. The van der Waals surface area contributed by atoms with E-state index in [4.69, 9.17) is 5.73 Å². The van der Waals surface area contributed by atoms with E-state index in [1.165, 1.54) is 17.2 Å². The molecule has 4 N–H and O–H groups in total. The average molecular weight is 476 g/mol. The number of rotatable bonds is 3. The van der Waals surface area contributed by atoms with Gasteiger partial charge in [-0.05, 0) is 59.6 Å². The fourth-order valence-electron chi connectivity index (χ4n) is 3.91. The van der Waals surface area contributed by atoms with Gasteiger partial charge in [-0.25, -0.2) is 0 Å². The van der Waals surface area contributed by atoms with Crippen LogP contribution in [0.4, 0.5) is 11.4 Å². The van der Waals surface area contributed by atoms with Crippen molar-refractivity contribution in [1.82, 2.24) is 5.32 Å². The molecule has 35 heavy (non-hydrogen) atoms. The summed E-state index contributed by atoms with van der Waals surface area (Å²) in [5.74, 6) is -0.200. The highest BCUT2D eigenvalue weighted by molar-refractivity contribution is 6.03. The maximum absolute atomic E-state index is 12.3. The van der Waals surface area contributed by atoms with Gasteiger partial charge in [0.25, 0.3) is 5.91 Å². The Morgan fingerprint density at radius 1 is 1.06 bits per heavy atom. The summed E-state index contributed by atoms with van der Waals surface area (Å²) in [7, 11) is 0. The van der Waals surface area contributed by atoms with Crippen molar-refractivity contribution in [3.05, 3.63) is 103 Å². The van der Waals surface area contributed by atoms with Crippen LogP contribution in [-0.2, 0) is 6.42 Å². The number of hydrogen-bond donors (Lipinski definition) is 3. The standard InChI is InChI=1S/C16H14N2O3.C12H19N.CH4/c1-8-5-10-9(2)3-4-11(14(10)16(21)17-7-8)18-12-6-13(19)15(12)20;1-8-6-7-10(9(8)2)11(13)12(3,4)5;/h3-4,6,18H,1,5,7H2,2H3,(H,17,21);6-7,11H,2,13H2,1,3-5H3;1H4/t;11-;/m.0./s1. The number of allylic oxidation sites excluding steroid dienone is 3. The fourth-order valence-corrected chi connectivity index (χ4v) is 3.91. The zero-order valence-electron chi connectivity index (χ0n) is 20.6. The predicted octanol–water partition coefficient (Wildman–Crippen LogP) is 4.62. The number of benzene rings is 1. The number of carbonyl (C=O) groups excluding carboxylic acids is 1. The van der Waals surface area contributed by atoms with Crippen molar-refractivity contribution in [2.75, 3.05) is 11.9 Å². The van der Waals surface area contributed by atoms with Crippen LogP contribution in [0.1, 0.15) is 56.6 Å². The third-order valence-corrected chi connectivity index (χ3v) is 6.32. The molecule has 2 aromatic rings. The quantitative estimate of drug-likeness (QED) is 0.444. The molecule has 0 saturated heterocycles. The van der Waals surface area contributed by atoms with Crippen molar-refractivity contribution in [1.29, 1.82) is 0 Å². The lowest BCUT2D eigenvalue weighted by molar-refractivity contribution is 0.0959. The molecule has 0 bridgehead atoms. The topological polar surface area (TPSA) is 101 Å². The molecule has 0 aromatic heterocycles. The van der Waals surface area contributed by atoms with Crippen LogP contribution in [0.5, 0.6) is 0 Å². The van der Waals surface area contributed by atoms with Gasteiger partial charge in [0.05, 0.1) is 16.9 Å². The molecule has 1 heterocycles. The van der Waals surface area contributed by atoms with Gasteiger partial charge in [0.15, 0.2) is 0 Å². The first-order chi connectivity index (χ1) is 15.8. The van der Waals surface area contributed by atoms with E-state index in [0.29, 0.717) is 24.2 Å². The van der Waals surface area contributed by atoms with E-state index in [0.717, 1.165) is 22.3 Å². The Kier molecular flexibility index (Phi) is 8.24. The molecule has 186 valence electrons. The normalized spacial score (nSPS) is 16.1. The van der Waals surface area contributed by atoms with E-state index < -0.39 is 10.9 Å². The van der Waals surface area contributed by atoms with Crippen molar-refractivity contribution in [3.63, 3.8) is 0 Å². The van der Waals surface area contributed by atoms with Gasteiger partial charge in [-0.1, -0.05) is 65.1 Å². The second kappa shape index (κ2) is 10.4. The highest BCUT2D eigenvalue weighted by Crippen LogP contribution is 2.33. The molecule has 1 aliphatic heterocycles. The highest BCUT2D eigenvalue weighted by Gasteiger charge is 2.27. The summed E-state index contributed by atoms with van der Waals surface area (Å²) in [6, 6.07) is 4.95. The van der Waals surface area contributed by atoms with Gasteiger partial charge in [0.2, 0.25) is 10.9 Å². The number of nitrogens with one attached hydrogen (secondary N) is 2. The SMILES string of the molecule is C.C=C1C(C)=CC=C1[C@H](N)C(C)(C)C.C=C1CNC(=O)c2c(Nc3cc(=O)c3=O)ccc(C)c2C1. The third-order valence-electron chi connectivity index (χ3n) is 6.32. The maximum atomic E-state index is 12.3. The van der Waals surface area contributed by atoms with Gasteiger partial charge < -0.3 is 16.4 Å². The number of carbonyl (C=O) groups is 1. The summed E-state index contributed by atoms with van der Waals surface area (Å²) in [5.41, 5.74) is 12.8. The van der Waals surface area contributed by atoms with E-state index in [2.05, 4.69) is 63.6 Å². The summed E-state index contributed by atoms with van der Waals surface area (Å²) in [6.07, 6.45) is 4.79. The molecule has 6 nitrogen and oxygen atoms in total. The number of hydrogen-bond acceptors (Lipinski definition) is 5. The lowest BCUT2D eigenvalue weighted by Crippen LogP contribution is -2.36. The number of fused-ring (bicyclic) bond motifs is 1. The van der Waals surface area contributed by atoms with Crippen LogP contribution in [0.3, 0.4) is 0 Å². The van der Waals surface area contributed by atoms with Crippen LogP contribution >= 0.6 is 0 Å². The molecule has 0 spiro atoms. The van der Waals surface area contributed by atoms with Crippen molar-refractivity contribution in [2.24, 2.45) is 11.1 Å². The Labute approximate surface area is 208 Å². The molecule has 2 aliphatic rings. The second-order valence-electron chi connectivity index (χ2n) is 10.1. The van der Waals surface area contributed by atoms with Crippen molar-refractivity contribution >= 4 is 17.3 Å². The molecular formula is C29H37N3O3. The molecule has 4 rings (SSSR count). The van der Waals surface area contributed by atoms with E-state index >= 15 is 0 Å². The Hall–Kier alpha value is -3.51. The lowest BCUT2D eigenvalue weighted by atomic mass is 9.81. The molecule has 6 heteroatoms.